The zero-order valence-corrected chi connectivity index (χ0v) is 10.0. The van der Waals surface area contributed by atoms with Crippen molar-refractivity contribution in [3.05, 3.63) is 35.4 Å². The number of carbonyl (C=O) groups excluding carboxylic acids is 1. The van der Waals surface area contributed by atoms with Crippen molar-refractivity contribution in [2.24, 2.45) is 5.73 Å². The molecular weight excluding hydrogens is 232 g/mol. The summed E-state index contributed by atoms with van der Waals surface area (Å²) in [7, 11) is 0. The average molecular weight is 248 g/mol. The van der Waals surface area contributed by atoms with Gasteiger partial charge in [0.2, 0.25) is 5.91 Å². The molecule has 0 atom stereocenters. The molecule has 0 heterocycles. The van der Waals surface area contributed by atoms with Gasteiger partial charge in [-0.2, -0.15) is 0 Å². The second-order valence-electron chi connectivity index (χ2n) is 4.59. The average Bonchev–Trinajstić information content (AvgIpc) is 3.11. The van der Waals surface area contributed by atoms with E-state index < -0.39 is 11.9 Å². The number of hydrogen-bond acceptors (Lipinski definition) is 3. The molecule has 0 spiro atoms. The monoisotopic (exact) mass is 248 g/mol. The Morgan fingerprint density at radius 2 is 2.11 bits per heavy atom. The minimum atomic E-state index is -0.826. The maximum absolute atomic E-state index is 11.1. The van der Waals surface area contributed by atoms with Gasteiger partial charge in [0.1, 0.15) is 0 Å². The van der Waals surface area contributed by atoms with Crippen molar-refractivity contribution in [3.63, 3.8) is 0 Å². The summed E-state index contributed by atoms with van der Waals surface area (Å²) in [6, 6.07) is 7.38. The quantitative estimate of drug-likeness (QED) is 0.781. The number of primary amides is 1. The summed E-state index contributed by atoms with van der Waals surface area (Å²) >= 11 is 0. The normalized spacial score (nSPS) is 14.7. The third-order valence-electron chi connectivity index (χ3n) is 3.00. The van der Waals surface area contributed by atoms with Gasteiger partial charge in [0.25, 0.3) is 0 Å². The molecule has 1 fully saturated rings. The first-order chi connectivity index (χ1) is 8.56. The minimum Gasteiger partial charge on any atom is -0.480 e. The lowest BCUT2D eigenvalue weighted by Gasteiger charge is -2.19. The number of benzene rings is 1. The van der Waals surface area contributed by atoms with E-state index in [4.69, 9.17) is 10.8 Å². The Bertz CT molecular complexity index is 469. The molecule has 0 aliphatic heterocycles. The Hall–Kier alpha value is -1.88. The van der Waals surface area contributed by atoms with Crippen LogP contribution in [0.3, 0.4) is 0 Å². The van der Waals surface area contributed by atoms with Gasteiger partial charge in [0.15, 0.2) is 0 Å². The van der Waals surface area contributed by atoms with Gasteiger partial charge in [0, 0.05) is 18.2 Å². The van der Waals surface area contributed by atoms with Crippen LogP contribution in [-0.2, 0) is 11.3 Å². The van der Waals surface area contributed by atoms with Crippen molar-refractivity contribution in [1.82, 2.24) is 4.90 Å². The number of aliphatic carboxylic acids is 1. The van der Waals surface area contributed by atoms with Crippen LogP contribution in [0.2, 0.25) is 0 Å². The number of carbonyl (C=O) groups is 2. The second kappa shape index (κ2) is 5.18. The minimum absolute atomic E-state index is 0.0332. The van der Waals surface area contributed by atoms with E-state index in [1.165, 1.54) is 0 Å². The zero-order valence-electron chi connectivity index (χ0n) is 10.0. The standard InChI is InChI=1S/C13H16N2O3/c14-13(18)10-3-1-2-9(6-10)7-15(8-12(16)17)11-4-5-11/h1-3,6,11H,4-5,7-8H2,(H2,14,18)(H,16,17). The van der Waals surface area contributed by atoms with Crippen LogP contribution in [0.4, 0.5) is 0 Å². The van der Waals surface area contributed by atoms with Gasteiger partial charge in [-0.3, -0.25) is 14.5 Å². The molecule has 5 heteroatoms. The van der Waals surface area contributed by atoms with E-state index in [0.717, 1.165) is 18.4 Å². The maximum atomic E-state index is 11.1. The first-order valence-electron chi connectivity index (χ1n) is 5.91. The molecule has 1 saturated carbocycles. The number of carboxylic acids is 1. The van der Waals surface area contributed by atoms with Gasteiger partial charge >= 0.3 is 5.97 Å². The third-order valence-corrected chi connectivity index (χ3v) is 3.00. The molecule has 1 aliphatic carbocycles. The fraction of sp³-hybridized carbons (Fsp3) is 0.385. The van der Waals surface area contributed by atoms with Gasteiger partial charge in [-0.1, -0.05) is 12.1 Å². The van der Waals surface area contributed by atoms with Gasteiger partial charge in [0.05, 0.1) is 6.54 Å². The summed E-state index contributed by atoms with van der Waals surface area (Å²) in [4.78, 5) is 23.8. The number of nitrogens with two attached hydrogens (primary N) is 1. The Labute approximate surface area is 105 Å². The molecule has 0 radical (unpaired) electrons. The van der Waals surface area contributed by atoms with Crippen molar-refractivity contribution < 1.29 is 14.7 Å². The van der Waals surface area contributed by atoms with E-state index in [9.17, 15) is 9.59 Å². The van der Waals surface area contributed by atoms with Gasteiger partial charge < -0.3 is 10.8 Å². The molecule has 1 amide bonds. The Kier molecular flexibility index (Phi) is 3.62. The lowest BCUT2D eigenvalue weighted by atomic mass is 10.1. The van der Waals surface area contributed by atoms with Crippen LogP contribution in [0.5, 0.6) is 0 Å². The number of carboxylic acid groups (broad SMARTS) is 1. The molecule has 2 rings (SSSR count). The Morgan fingerprint density at radius 1 is 1.39 bits per heavy atom. The van der Waals surface area contributed by atoms with Crippen LogP contribution in [0.1, 0.15) is 28.8 Å². The fourth-order valence-corrected chi connectivity index (χ4v) is 1.98. The lowest BCUT2D eigenvalue weighted by Crippen LogP contribution is -2.31. The number of hydrogen-bond donors (Lipinski definition) is 2. The fourth-order valence-electron chi connectivity index (χ4n) is 1.98. The van der Waals surface area contributed by atoms with E-state index in [-0.39, 0.29) is 6.54 Å². The predicted octanol–water partition coefficient (Wildman–Crippen LogP) is 0.834. The van der Waals surface area contributed by atoms with Crippen molar-refractivity contribution in [1.29, 1.82) is 0 Å². The van der Waals surface area contributed by atoms with Crippen LogP contribution in [0.15, 0.2) is 24.3 Å². The van der Waals surface area contributed by atoms with E-state index in [1.54, 1.807) is 18.2 Å². The highest BCUT2D eigenvalue weighted by atomic mass is 16.4. The highest BCUT2D eigenvalue weighted by Crippen LogP contribution is 2.28. The summed E-state index contributed by atoms with van der Waals surface area (Å²) in [5.41, 5.74) is 6.59. The molecule has 18 heavy (non-hydrogen) atoms. The molecule has 3 N–H and O–H groups in total. The third kappa shape index (κ3) is 3.30. The molecule has 0 aromatic heterocycles. The molecule has 0 bridgehead atoms. The molecule has 1 aromatic carbocycles. The lowest BCUT2D eigenvalue weighted by molar-refractivity contribution is -0.138. The highest BCUT2D eigenvalue weighted by molar-refractivity contribution is 5.92. The van der Waals surface area contributed by atoms with E-state index >= 15 is 0 Å². The van der Waals surface area contributed by atoms with Crippen molar-refractivity contribution in [3.8, 4) is 0 Å². The van der Waals surface area contributed by atoms with Crippen LogP contribution in [0.25, 0.3) is 0 Å². The highest BCUT2D eigenvalue weighted by Gasteiger charge is 2.30. The van der Waals surface area contributed by atoms with Crippen molar-refractivity contribution in [2.75, 3.05) is 6.54 Å². The van der Waals surface area contributed by atoms with Crippen molar-refractivity contribution in [2.45, 2.75) is 25.4 Å². The number of rotatable bonds is 6. The second-order valence-corrected chi connectivity index (χ2v) is 4.59. The van der Waals surface area contributed by atoms with Crippen LogP contribution < -0.4 is 5.73 Å². The Morgan fingerprint density at radius 3 is 2.67 bits per heavy atom. The number of amides is 1. The van der Waals surface area contributed by atoms with Gasteiger partial charge in [-0.05, 0) is 30.5 Å². The number of nitrogens with zero attached hydrogens (tertiary/aromatic N) is 1. The molecule has 96 valence electrons. The molecule has 0 unspecified atom stereocenters. The summed E-state index contributed by atoms with van der Waals surface area (Å²) < 4.78 is 0. The summed E-state index contributed by atoms with van der Waals surface area (Å²) in [6.07, 6.45) is 2.09. The molecule has 1 aromatic rings. The van der Waals surface area contributed by atoms with Gasteiger partial charge in [-0.25, -0.2) is 0 Å². The largest absolute Gasteiger partial charge is 0.480 e. The summed E-state index contributed by atoms with van der Waals surface area (Å²) in [6.45, 7) is 0.573. The zero-order chi connectivity index (χ0) is 13.1. The Balaban J connectivity index is 2.08. The van der Waals surface area contributed by atoms with Crippen LogP contribution >= 0.6 is 0 Å². The van der Waals surface area contributed by atoms with Crippen LogP contribution in [-0.4, -0.2) is 34.5 Å². The van der Waals surface area contributed by atoms with E-state index in [2.05, 4.69) is 0 Å². The maximum Gasteiger partial charge on any atom is 0.317 e. The summed E-state index contributed by atoms with van der Waals surface area (Å²) in [5, 5.41) is 8.87. The molecular formula is C13H16N2O3. The van der Waals surface area contributed by atoms with E-state index in [1.807, 2.05) is 11.0 Å². The predicted molar refractivity (Wildman–Crippen MR) is 66.0 cm³/mol. The van der Waals surface area contributed by atoms with E-state index in [0.29, 0.717) is 18.2 Å². The molecule has 0 saturated heterocycles. The topological polar surface area (TPSA) is 83.6 Å². The smallest absolute Gasteiger partial charge is 0.317 e. The van der Waals surface area contributed by atoms with Crippen molar-refractivity contribution >= 4 is 11.9 Å². The first-order valence-corrected chi connectivity index (χ1v) is 5.91. The van der Waals surface area contributed by atoms with Gasteiger partial charge in [-0.15, -0.1) is 0 Å². The molecule has 1 aliphatic rings. The molecule has 5 nitrogen and oxygen atoms in total. The first kappa shape index (κ1) is 12.6. The SMILES string of the molecule is NC(=O)c1cccc(CN(CC(=O)O)C2CC2)c1. The summed E-state index contributed by atoms with van der Waals surface area (Å²) in [5.74, 6) is -1.29. The van der Waals surface area contributed by atoms with Crippen LogP contribution in [0, 0.1) is 0 Å².